The van der Waals surface area contributed by atoms with E-state index < -0.39 is 0 Å². The summed E-state index contributed by atoms with van der Waals surface area (Å²) in [6.07, 6.45) is 0. The summed E-state index contributed by atoms with van der Waals surface area (Å²) in [6.45, 7) is 6.45. The number of benzene rings is 1. The van der Waals surface area contributed by atoms with Crippen LogP contribution in [0.25, 0.3) is 0 Å². The third kappa shape index (κ3) is 4.76. The van der Waals surface area contributed by atoms with E-state index in [0.717, 1.165) is 11.3 Å². The summed E-state index contributed by atoms with van der Waals surface area (Å²) in [5.74, 6) is 0. The molecule has 0 bridgehead atoms. The highest BCUT2D eigenvalue weighted by Gasteiger charge is 2.16. The lowest BCUT2D eigenvalue weighted by Crippen LogP contribution is -2.46. The molecule has 0 spiro atoms. The number of nitrogens with two attached hydrogens (primary N) is 1. The van der Waals surface area contributed by atoms with Crippen LogP contribution in [0.5, 0.6) is 0 Å². The van der Waals surface area contributed by atoms with E-state index in [-0.39, 0.29) is 11.6 Å². The van der Waals surface area contributed by atoms with Crippen molar-refractivity contribution < 1.29 is 4.79 Å². The maximum Gasteiger partial charge on any atom is 0.317 e. The van der Waals surface area contributed by atoms with Crippen molar-refractivity contribution in [3.05, 3.63) is 29.8 Å². The summed E-state index contributed by atoms with van der Waals surface area (Å²) in [7, 11) is 1.78. The molecule has 4 heteroatoms. The van der Waals surface area contributed by atoms with Crippen LogP contribution in [-0.4, -0.2) is 23.5 Å². The lowest BCUT2D eigenvalue weighted by molar-refractivity contribution is 0.197. The number of urea groups is 1. The molecule has 1 rings (SSSR count). The maximum atomic E-state index is 11.8. The molecular weight excluding hydrogens is 214 g/mol. The molecule has 0 heterocycles. The molecule has 0 unspecified atom stereocenters. The predicted molar refractivity (Wildman–Crippen MR) is 70.6 cm³/mol. The van der Waals surface area contributed by atoms with E-state index in [0.29, 0.717) is 6.54 Å². The van der Waals surface area contributed by atoms with Crippen molar-refractivity contribution in [1.29, 1.82) is 0 Å². The fourth-order valence-electron chi connectivity index (χ4n) is 1.38. The van der Waals surface area contributed by atoms with E-state index >= 15 is 0 Å². The van der Waals surface area contributed by atoms with Gasteiger partial charge in [0.2, 0.25) is 0 Å². The van der Waals surface area contributed by atoms with Gasteiger partial charge >= 0.3 is 6.03 Å². The Morgan fingerprint density at radius 2 is 1.82 bits per heavy atom. The minimum absolute atomic E-state index is 0.0747. The van der Waals surface area contributed by atoms with Crippen LogP contribution in [0, 0.1) is 0 Å². The first-order valence-corrected chi connectivity index (χ1v) is 5.65. The number of nitrogens with zero attached hydrogens (tertiary/aromatic N) is 1. The van der Waals surface area contributed by atoms with Crippen molar-refractivity contribution in [3.8, 4) is 0 Å². The average Bonchev–Trinajstić information content (AvgIpc) is 2.19. The minimum atomic E-state index is -0.216. The van der Waals surface area contributed by atoms with Crippen LogP contribution in [0.15, 0.2) is 24.3 Å². The zero-order chi connectivity index (χ0) is 13.1. The minimum Gasteiger partial charge on any atom is -0.399 e. The molecule has 0 aliphatic rings. The number of amides is 2. The molecule has 0 aliphatic heterocycles. The molecule has 94 valence electrons. The molecule has 1 aromatic carbocycles. The zero-order valence-corrected chi connectivity index (χ0v) is 10.9. The van der Waals surface area contributed by atoms with Gasteiger partial charge < -0.3 is 16.0 Å². The largest absolute Gasteiger partial charge is 0.399 e. The lowest BCUT2D eigenvalue weighted by Gasteiger charge is -2.25. The van der Waals surface area contributed by atoms with Crippen molar-refractivity contribution in [3.63, 3.8) is 0 Å². The molecule has 0 radical (unpaired) electrons. The van der Waals surface area contributed by atoms with Gasteiger partial charge in [-0.05, 0) is 38.5 Å². The quantitative estimate of drug-likeness (QED) is 0.772. The highest BCUT2D eigenvalue weighted by atomic mass is 16.2. The average molecular weight is 235 g/mol. The Morgan fingerprint density at radius 1 is 1.29 bits per heavy atom. The zero-order valence-electron chi connectivity index (χ0n) is 10.9. The monoisotopic (exact) mass is 235 g/mol. The first-order chi connectivity index (χ1) is 7.78. The van der Waals surface area contributed by atoms with Gasteiger partial charge in [-0.1, -0.05) is 12.1 Å². The Balaban J connectivity index is 2.57. The predicted octanol–water partition coefficient (Wildman–Crippen LogP) is 2.21. The van der Waals surface area contributed by atoms with Crippen LogP contribution in [0.4, 0.5) is 10.5 Å². The Labute approximate surface area is 103 Å². The topological polar surface area (TPSA) is 58.4 Å². The lowest BCUT2D eigenvalue weighted by atomic mass is 10.1. The van der Waals surface area contributed by atoms with E-state index in [1.54, 1.807) is 11.9 Å². The fourth-order valence-corrected chi connectivity index (χ4v) is 1.38. The summed E-state index contributed by atoms with van der Waals surface area (Å²) in [4.78, 5) is 13.5. The fraction of sp³-hybridized carbons (Fsp3) is 0.462. The number of anilines is 1. The van der Waals surface area contributed by atoms with Crippen LogP contribution in [-0.2, 0) is 6.54 Å². The van der Waals surface area contributed by atoms with E-state index in [1.807, 2.05) is 45.0 Å². The molecule has 0 aromatic heterocycles. The van der Waals surface area contributed by atoms with Gasteiger partial charge in [-0.25, -0.2) is 4.79 Å². The summed E-state index contributed by atoms with van der Waals surface area (Å²) in [5, 5.41) is 2.91. The summed E-state index contributed by atoms with van der Waals surface area (Å²) < 4.78 is 0. The molecule has 0 fully saturated rings. The van der Waals surface area contributed by atoms with Crippen LogP contribution in [0.1, 0.15) is 26.3 Å². The first kappa shape index (κ1) is 13.4. The molecule has 0 saturated heterocycles. The highest BCUT2D eigenvalue weighted by molar-refractivity contribution is 5.74. The van der Waals surface area contributed by atoms with Gasteiger partial charge in [0.15, 0.2) is 0 Å². The van der Waals surface area contributed by atoms with E-state index in [4.69, 9.17) is 5.73 Å². The summed E-state index contributed by atoms with van der Waals surface area (Å²) in [6, 6.07) is 7.46. The molecule has 0 atom stereocenters. The van der Waals surface area contributed by atoms with Crippen LogP contribution in [0.2, 0.25) is 0 Å². The van der Waals surface area contributed by atoms with Crippen LogP contribution >= 0.6 is 0 Å². The van der Waals surface area contributed by atoms with Crippen LogP contribution < -0.4 is 11.1 Å². The molecule has 0 aliphatic carbocycles. The van der Waals surface area contributed by atoms with Gasteiger partial charge in [-0.2, -0.15) is 0 Å². The molecule has 4 nitrogen and oxygen atoms in total. The second-order valence-corrected chi connectivity index (χ2v) is 5.28. The Morgan fingerprint density at radius 3 is 2.29 bits per heavy atom. The highest BCUT2D eigenvalue weighted by Crippen LogP contribution is 2.08. The third-order valence-corrected chi connectivity index (χ3v) is 2.23. The third-order valence-electron chi connectivity index (χ3n) is 2.23. The number of rotatable bonds is 2. The van der Waals surface area contributed by atoms with Crippen molar-refractivity contribution in [1.82, 2.24) is 10.2 Å². The van der Waals surface area contributed by atoms with E-state index in [2.05, 4.69) is 5.32 Å². The smallest absolute Gasteiger partial charge is 0.317 e. The molecule has 0 saturated carbocycles. The van der Waals surface area contributed by atoms with Gasteiger partial charge in [0, 0.05) is 24.8 Å². The standard InChI is InChI=1S/C13H21N3O/c1-13(2,3)15-12(17)16(4)9-10-5-7-11(14)8-6-10/h5-8H,9,14H2,1-4H3,(H,15,17). The van der Waals surface area contributed by atoms with E-state index in [9.17, 15) is 4.79 Å². The van der Waals surface area contributed by atoms with Gasteiger partial charge in [-0.15, -0.1) is 0 Å². The second-order valence-electron chi connectivity index (χ2n) is 5.28. The summed E-state index contributed by atoms with van der Waals surface area (Å²) in [5.41, 5.74) is 7.18. The Bertz CT molecular complexity index is 379. The number of hydrogen-bond acceptors (Lipinski definition) is 2. The van der Waals surface area contributed by atoms with Gasteiger partial charge in [0.1, 0.15) is 0 Å². The maximum absolute atomic E-state index is 11.8. The molecule has 2 amide bonds. The van der Waals surface area contributed by atoms with Crippen LogP contribution in [0.3, 0.4) is 0 Å². The van der Waals surface area contributed by atoms with Gasteiger partial charge in [0.25, 0.3) is 0 Å². The molecular formula is C13H21N3O. The number of carbonyl (C=O) groups is 1. The van der Waals surface area contributed by atoms with Gasteiger partial charge in [-0.3, -0.25) is 0 Å². The normalized spacial score (nSPS) is 11.1. The van der Waals surface area contributed by atoms with Crippen molar-refractivity contribution in [2.24, 2.45) is 0 Å². The number of nitrogen functional groups attached to an aromatic ring is 1. The van der Waals surface area contributed by atoms with Crippen molar-refractivity contribution in [2.45, 2.75) is 32.9 Å². The number of nitrogens with one attached hydrogen (secondary N) is 1. The van der Waals surface area contributed by atoms with Crippen molar-refractivity contribution in [2.75, 3.05) is 12.8 Å². The molecule has 17 heavy (non-hydrogen) atoms. The summed E-state index contributed by atoms with van der Waals surface area (Å²) >= 11 is 0. The van der Waals surface area contributed by atoms with Gasteiger partial charge in [0.05, 0.1) is 0 Å². The molecule has 1 aromatic rings. The van der Waals surface area contributed by atoms with Crippen molar-refractivity contribution >= 4 is 11.7 Å². The Hall–Kier alpha value is -1.71. The SMILES string of the molecule is CN(Cc1ccc(N)cc1)C(=O)NC(C)(C)C. The second kappa shape index (κ2) is 5.08. The number of hydrogen-bond donors (Lipinski definition) is 2. The Kier molecular flexibility index (Phi) is 3.99. The number of carbonyl (C=O) groups excluding carboxylic acids is 1. The molecule has 3 N–H and O–H groups in total. The van der Waals surface area contributed by atoms with E-state index in [1.165, 1.54) is 0 Å². The first-order valence-electron chi connectivity index (χ1n) is 5.65.